The number of rotatable bonds is 4. The van der Waals surface area contributed by atoms with E-state index in [1.165, 1.54) is 12.5 Å². The van der Waals surface area contributed by atoms with Crippen molar-refractivity contribution >= 4 is 6.01 Å². The van der Waals surface area contributed by atoms with Gasteiger partial charge in [-0.1, -0.05) is 5.10 Å². The Hall–Kier alpha value is -2.19. The largest absolute Gasteiger partial charge is 0.496 e. The summed E-state index contributed by atoms with van der Waals surface area (Å²) in [5.41, 5.74) is 0.914. The highest BCUT2D eigenvalue weighted by molar-refractivity contribution is 5.37. The number of anilines is 1. The summed E-state index contributed by atoms with van der Waals surface area (Å²) in [6, 6.07) is 5.84. The van der Waals surface area contributed by atoms with Gasteiger partial charge in [-0.3, -0.25) is 4.90 Å². The summed E-state index contributed by atoms with van der Waals surface area (Å²) in [6.07, 6.45) is 4.41. The molecule has 2 aromatic rings. The van der Waals surface area contributed by atoms with Gasteiger partial charge in [-0.05, 0) is 56.5 Å². The molecule has 1 atom stereocenters. The van der Waals surface area contributed by atoms with Crippen molar-refractivity contribution < 1.29 is 18.3 Å². The topological polar surface area (TPSA) is 63.9 Å². The van der Waals surface area contributed by atoms with Crippen molar-refractivity contribution in [3.8, 4) is 5.75 Å². The number of likely N-dealkylation sites (tertiary alicyclic amines) is 1. The highest BCUT2D eigenvalue weighted by atomic mass is 19.1. The fourth-order valence-corrected chi connectivity index (χ4v) is 4.96. The zero-order valence-electron chi connectivity index (χ0n) is 16.0. The molecule has 8 heteroatoms. The number of ether oxygens (including phenoxy) is 2. The lowest BCUT2D eigenvalue weighted by molar-refractivity contribution is -0.0216. The fourth-order valence-electron chi connectivity index (χ4n) is 4.96. The molecule has 3 saturated heterocycles. The van der Waals surface area contributed by atoms with E-state index in [1.54, 1.807) is 19.2 Å². The fraction of sp³-hybridized carbons (Fsp3) is 0.600. The third-order valence-electron chi connectivity index (χ3n) is 6.44. The van der Waals surface area contributed by atoms with Crippen molar-refractivity contribution in [2.45, 2.75) is 36.8 Å². The van der Waals surface area contributed by atoms with Crippen molar-refractivity contribution in [1.82, 2.24) is 15.1 Å². The van der Waals surface area contributed by atoms with Crippen molar-refractivity contribution in [2.24, 2.45) is 0 Å². The molecule has 0 N–H and O–H groups in total. The van der Waals surface area contributed by atoms with Crippen molar-refractivity contribution in [3.05, 3.63) is 36.0 Å². The maximum atomic E-state index is 13.7. The number of methoxy groups -OCH3 is 1. The normalized spacial score (nSPS) is 25.2. The number of hydrogen-bond acceptors (Lipinski definition) is 7. The van der Waals surface area contributed by atoms with Gasteiger partial charge in [0.15, 0.2) is 0 Å². The van der Waals surface area contributed by atoms with Gasteiger partial charge in [0, 0.05) is 11.6 Å². The zero-order valence-corrected chi connectivity index (χ0v) is 16.0. The van der Waals surface area contributed by atoms with E-state index in [4.69, 9.17) is 13.9 Å². The van der Waals surface area contributed by atoms with E-state index in [-0.39, 0.29) is 11.4 Å². The predicted molar refractivity (Wildman–Crippen MR) is 100 cm³/mol. The van der Waals surface area contributed by atoms with E-state index in [2.05, 4.69) is 20.0 Å². The van der Waals surface area contributed by atoms with Crippen molar-refractivity contribution in [3.63, 3.8) is 0 Å². The smallest absolute Gasteiger partial charge is 0.318 e. The van der Waals surface area contributed by atoms with Crippen LogP contribution in [0.2, 0.25) is 0 Å². The molecule has 3 fully saturated rings. The SMILES string of the molecule is COc1ccc(F)cc1C1CCN([C@@H]2COC3(C2)CN(c2nnco2)C3)CC1. The van der Waals surface area contributed by atoms with Crippen LogP contribution in [-0.2, 0) is 4.74 Å². The maximum Gasteiger partial charge on any atom is 0.318 e. The minimum absolute atomic E-state index is 0.0816. The van der Waals surface area contributed by atoms with Crippen molar-refractivity contribution in [1.29, 1.82) is 0 Å². The molecule has 0 radical (unpaired) electrons. The summed E-state index contributed by atoms with van der Waals surface area (Å²) < 4.78 is 30.6. The molecule has 150 valence electrons. The second-order valence-corrected chi connectivity index (χ2v) is 8.13. The van der Waals surface area contributed by atoms with Crippen LogP contribution in [0.1, 0.15) is 30.7 Å². The monoisotopic (exact) mass is 388 g/mol. The van der Waals surface area contributed by atoms with Gasteiger partial charge >= 0.3 is 6.01 Å². The molecule has 0 unspecified atom stereocenters. The van der Waals surface area contributed by atoms with E-state index in [0.717, 1.165) is 63.4 Å². The Morgan fingerprint density at radius 1 is 1.25 bits per heavy atom. The van der Waals surface area contributed by atoms with Gasteiger partial charge < -0.3 is 18.8 Å². The maximum absolute atomic E-state index is 13.7. The molecule has 5 rings (SSSR count). The van der Waals surface area contributed by atoms with E-state index in [9.17, 15) is 4.39 Å². The molecule has 1 aromatic heterocycles. The Morgan fingerprint density at radius 3 is 2.79 bits per heavy atom. The summed E-state index contributed by atoms with van der Waals surface area (Å²) in [5.74, 6) is 0.939. The number of nitrogens with zero attached hydrogens (tertiary/aromatic N) is 4. The standard InChI is InChI=1S/C20H25FN4O3/c1-26-18-3-2-15(21)8-17(18)14-4-6-24(7-5-14)16-9-20(28-10-16)11-25(12-20)19-23-22-13-27-19/h2-3,8,13-14,16H,4-7,9-12H2,1H3/t16-/m0/s1. The molecule has 3 aliphatic heterocycles. The number of halogens is 1. The summed E-state index contributed by atoms with van der Waals surface area (Å²) in [5, 5.41) is 7.70. The minimum Gasteiger partial charge on any atom is -0.496 e. The molecule has 7 nitrogen and oxygen atoms in total. The molecule has 1 aromatic carbocycles. The molecule has 3 aliphatic rings. The molecule has 0 aliphatic carbocycles. The Kier molecular flexibility index (Phi) is 4.47. The molecule has 0 amide bonds. The van der Waals surface area contributed by atoms with Crippen LogP contribution in [0.15, 0.2) is 29.0 Å². The third kappa shape index (κ3) is 3.14. The van der Waals surface area contributed by atoms with Crippen LogP contribution in [0.25, 0.3) is 0 Å². The average molecular weight is 388 g/mol. The number of aromatic nitrogens is 2. The summed E-state index contributed by atoms with van der Waals surface area (Å²) in [4.78, 5) is 4.60. The van der Waals surface area contributed by atoms with Gasteiger partial charge in [0.2, 0.25) is 6.39 Å². The highest BCUT2D eigenvalue weighted by Crippen LogP contribution is 2.41. The second kappa shape index (κ2) is 7.00. The first-order valence-corrected chi connectivity index (χ1v) is 9.88. The molecule has 0 bridgehead atoms. The summed E-state index contributed by atoms with van der Waals surface area (Å²) in [7, 11) is 1.65. The average Bonchev–Trinajstić information content (AvgIpc) is 3.37. The van der Waals surface area contributed by atoms with E-state index >= 15 is 0 Å². The van der Waals surface area contributed by atoms with Crippen LogP contribution in [0.5, 0.6) is 5.75 Å². The molecule has 28 heavy (non-hydrogen) atoms. The van der Waals surface area contributed by atoms with Crippen LogP contribution in [0.4, 0.5) is 10.4 Å². The van der Waals surface area contributed by atoms with Gasteiger partial charge in [-0.15, -0.1) is 5.10 Å². The van der Waals surface area contributed by atoms with E-state index < -0.39 is 0 Å². The first-order valence-electron chi connectivity index (χ1n) is 9.88. The Bertz CT molecular complexity index is 817. The van der Waals surface area contributed by atoms with Crippen LogP contribution >= 0.6 is 0 Å². The molecular formula is C20H25FN4O3. The molecule has 4 heterocycles. The number of hydrogen-bond donors (Lipinski definition) is 0. The van der Waals surface area contributed by atoms with Crippen molar-refractivity contribution in [2.75, 3.05) is 44.8 Å². The lowest BCUT2D eigenvalue weighted by atomic mass is 9.86. The zero-order chi connectivity index (χ0) is 19.1. The molecule has 0 saturated carbocycles. The van der Waals surface area contributed by atoms with Crippen LogP contribution in [-0.4, -0.2) is 66.6 Å². The second-order valence-electron chi connectivity index (χ2n) is 8.13. The highest BCUT2D eigenvalue weighted by Gasteiger charge is 2.52. The van der Waals surface area contributed by atoms with Gasteiger partial charge in [-0.25, -0.2) is 4.39 Å². The first kappa shape index (κ1) is 17.9. The molecular weight excluding hydrogens is 363 g/mol. The summed E-state index contributed by atoms with van der Waals surface area (Å²) >= 11 is 0. The lowest BCUT2D eigenvalue weighted by Gasteiger charge is -2.46. The van der Waals surface area contributed by atoms with Crippen LogP contribution in [0.3, 0.4) is 0 Å². The third-order valence-corrected chi connectivity index (χ3v) is 6.44. The van der Waals surface area contributed by atoms with E-state index in [0.29, 0.717) is 18.0 Å². The first-order chi connectivity index (χ1) is 13.7. The quantitative estimate of drug-likeness (QED) is 0.797. The van der Waals surface area contributed by atoms with Crippen LogP contribution in [0, 0.1) is 5.82 Å². The Balaban J connectivity index is 1.17. The molecule has 1 spiro atoms. The number of benzene rings is 1. The predicted octanol–water partition coefficient (Wildman–Crippen LogP) is 2.44. The Labute approximate surface area is 163 Å². The van der Waals surface area contributed by atoms with Gasteiger partial charge in [0.05, 0.1) is 26.8 Å². The van der Waals surface area contributed by atoms with Crippen LogP contribution < -0.4 is 9.64 Å². The van der Waals surface area contributed by atoms with E-state index in [1.807, 2.05) is 0 Å². The number of piperidine rings is 1. The minimum atomic E-state index is -0.194. The Morgan fingerprint density at radius 2 is 2.07 bits per heavy atom. The van der Waals surface area contributed by atoms with Gasteiger partial charge in [0.1, 0.15) is 17.2 Å². The lowest BCUT2D eigenvalue weighted by Crippen LogP contribution is -2.62. The summed E-state index contributed by atoms with van der Waals surface area (Å²) in [6.45, 7) is 4.39. The van der Waals surface area contributed by atoms with Gasteiger partial charge in [-0.2, -0.15) is 0 Å². The van der Waals surface area contributed by atoms with Gasteiger partial charge in [0.25, 0.3) is 0 Å².